The first kappa shape index (κ1) is 14.5. The quantitative estimate of drug-likeness (QED) is 0.829. The summed E-state index contributed by atoms with van der Waals surface area (Å²) < 4.78 is 5.05. The molecular formula is C12H17NO4S. The van der Waals surface area contributed by atoms with Gasteiger partial charge in [-0.05, 0) is 31.7 Å². The zero-order valence-electron chi connectivity index (χ0n) is 10.6. The van der Waals surface area contributed by atoms with Gasteiger partial charge in [-0.15, -0.1) is 11.3 Å². The summed E-state index contributed by atoms with van der Waals surface area (Å²) in [5, 5.41) is 13.4. The van der Waals surface area contributed by atoms with Gasteiger partial charge in [0, 0.05) is 6.54 Å². The van der Waals surface area contributed by atoms with Gasteiger partial charge >= 0.3 is 5.97 Å². The highest BCUT2D eigenvalue weighted by Gasteiger charge is 2.26. The number of aliphatic carboxylic acids is 1. The summed E-state index contributed by atoms with van der Waals surface area (Å²) in [7, 11) is 1.51. The second kappa shape index (κ2) is 5.86. The van der Waals surface area contributed by atoms with Gasteiger partial charge in [0.05, 0.1) is 12.5 Å². The number of ether oxygens (including phenoxy) is 1. The zero-order chi connectivity index (χ0) is 13.8. The largest absolute Gasteiger partial charge is 0.495 e. The fourth-order valence-electron chi connectivity index (χ4n) is 1.30. The molecule has 1 rings (SSSR count). The molecule has 2 N–H and O–H groups in total. The van der Waals surface area contributed by atoms with Crippen molar-refractivity contribution in [2.24, 2.45) is 5.41 Å². The first-order valence-electron chi connectivity index (χ1n) is 5.51. The number of hydrogen-bond donors (Lipinski definition) is 2. The van der Waals surface area contributed by atoms with E-state index in [4.69, 9.17) is 9.84 Å². The molecule has 18 heavy (non-hydrogen) atoms. The van der Waals surface area contributed by atoms with E-state index in [1.54, 1.807) is 25.3 Å². The number of carboxylic acids is 1. The third kappa shape index (κ3) is 3.46. The van der Waals surface area contributed by atoms with Crippen LogP contribution in [0.25, 0.3) is 0 Å². The van der Waals surface area contributed by atoms with Crippen molar-refractivity contribution in [1.29, 1.82) is 0 Å². The third-order valence-corrected chi connectivity index (χ3v) is 3.56. The molecule has 1 aromatic rings. The summed E-state index contributed by atoms with van der Waals surface area (Å²) in [6, 6.07) is 1.72. The molecule has 1 heterocycles. The lowest BCUT2D eigenvalue weighted by atomic mass is 9.90. The van der Waals surface area contributed by atoms with Gasteiger partial charge in [0.15, 0.2) is 0 Å². The number of thiophene rings is 1. The molecule has 0 atom stereocenters. The number of rotatable bonds is 6. The molecule has 0 aromatic carbocycles. The van der Waals surface area contributed by atoms with Crippen LogP contribution in [0.4, 0.5) is 0 Å². The van der Waals surface area contributed by atoms with Crippen LogP contribution < -0.4 is 10.1 Å². The minimum absolute atomic E-state index is 0.233. The maximum atomic E-state index is 11.8. The van der Waals surface area contributed by atoms with Crippen LogP contribution in [0.1, 0.15) is 29.9 Å². The molecule has 0 saturated carbocycles. The van der Waals surface area contributed by atoms with Gasteiger partial charge in [0.1, 0.15) is 10.6 Å². The Morgan fingerprint density at radius 3 is 2.72 bits per heavy atom. The van der Waals surface area contributed by atoms with Crippen LogP contribution in [-0.2, 0) is 4.79 Å². The Morgan fingerprint density at radius 1 is 1.50 bits per heavy atom. The van der Waals surface area contributed by atoms with E-state index in [0.29, 0.717) is 23.6 Å². The van der Waals surface area contributed by atoms with E-state index in [2.05, 4.69) is 5.32 Å². The summed E-state index contributed by atoms with van der Waals surface area (Å²) >= 11 is 1.29. The topological polar surface area (TPSA) is 75.6 Å². The van der Waals surface area contributed by atoms with E-state index in [-0.39, 0.29) is 5.91 Å². The Hall–Kier alpha value is -1.56. The molecule has 0 unspecified atom stereocenters. The summed E-state index contributed by atoms with van der Waals surface area (Å²) in [6.07, 6.45) is 0.377. The third-order valence-electron chi connectivity index (χ3n) is 2.67. The molecule has 0 bridgehead atoms. The first-order valence-corrected chi connectivity index (χ1v) is 6.39. The Kier molecular flexibility index (Phi) is 4.72. The van der Waals surface area contributed by atoms with Gasteiger partial charge in [-0.2, -0.15) is 0 Å². The predicted octanol–water partition coefficient (Wildman–Crippen LogP) is 1.99. The van der Waals surface area contributed by atoms with E-state index < -0.39 is 11.4 Å². The van der Waals surface area contributed by atoms with Crippen molar-refractivity contribution in [1.82, 2.24) is 5.32 Å². The maximum Gasteiger partial charge on any atom is 0.309 e. The monoisotopic (exact) mass is 271 g/mol. The van der Waals surface area contributed by atoms with Gasteiger partial charge in [-0.1, -0.05) is 0 Å². The van der Waals surface area contributed by atoms with Crippen LogP contribution in [-0.4, -0.2) is 30.6 Å². The molecule has 1 aromatic heterocycles. The molecule has 5 nitrogen and oxygen atoms in total. The molecular weight excluding hydrogens is 254 g/mol. The van der Waals surface area contributed by atoms with Gasteiger partial charge in [0.2, 0.25) is 0 Å². The number of amides is 1. The molecule has 0 aliphatic rings. The van der Waals surface area contributed by atoms with E-state index in [0.717, 1.165) is 0 Å². The van der Waals surface area contributed by atoms with Crippen molar-refractivity contribution in [3.63, 3.8) is 0 Å². The summed E-state index contributed by atoms with van der Waals surface area (Å²) in [4.78, 5) is 23.2. The lowest BCUT2D eigenvalue weighted by Gasteiger charge is -2.18. The molecule has 0 saturated heterocycles. The molecule has 0 aliphatic carbocycles. The molecule has 0 radical (unpaired) electrons. The number of hydrogen-bond acceptors (Lipinski definition) is 4. The number of nitrogens with one attached hydrogen (secondary N) is 1. The van der Waals surface area contributed by atoms with Crippen molar-refractivity contribution in [2.75, 3.05) is 13.7 Å². The van der Waals surface area contributed by atoms with E-state index in [9.17, 15) is 9.59 Å². The molecule has 1 amide bonds. The normalized spacial score (nSPS) is 11.1. The Bertz CT molecular complexity index is 439. The zero-order valence-corrected chi connectivity index (χ0v) is 11.5. The minimum atomic E-state index is -0.870. The average Bonchev–Trinajstić information content (AvgIpc) is 2.76. The predicted molar refractivity (Wildman–Crippen MR) is 69.2 cm³/mol. The lowest BCUT2D eigenvalue weighted by Crippen LogP contribution is -2.31. The van der Waals surface area contributed by atoms with Crippen LogP contribution >= 0.6 is 11.3 Å². The van der Waals surface area contributed by atoms with E-state index >= 15 is 0 Å². The van der Waals surface area contributed by atoms with Gasteiger partial charge in [-0.3, -0.25) is 9.59 Å². The van der Waals surface area contributed by atoms with E-state index in [1.165, 1.54) is 18.4 Å². The van der Waals surface area contributed by atoms with E-state index in [1.807, 2.05) is 0 Å². The summed E-state index contributed by atoms with van der Waals surface area (Å²) in [5.41, 5.74) is -0.840. The number of carbonyl (C=O) groups excluding carboxylic acids is 1. The molecule has 6 heteroatoms. The van der Waals surface area contributed by atoms with Crippen LogP contribution in [0.5, 0.6) is 5.75 Å². The highest BCUT2D eigenvalue weighted by Crippen LogP contribution is 2.24. The van der Waals surface area contributed by atoms with Gasteiger partial charge in [-0.25, -0.2) is 0 Å². The van der Waals surface area contributed by atoms with Gasteiger partial charge < -0.3 is 15.2 Å². The first-order chi connectivity index (χ1) is 8.38. The lowest BCUT2D eigenvalue weighted by molar-refractivity contribution is -0.147. The van der Waals surface area contributed by atoms with Crippen LogP contribution in [0.3, 0.4) is 0 Å². The van der Waals surface area contributed by atoms with Crippen LogP contribution in [0, 0.1) is 5.41 Å². The smallest absolute Gasteiger partial charge is 0.309 e. The van der Waals surface area contributed by atoms with Crippen LogP contribution in [0.15, 0.2) is 11.4 Å². The van der Waals surface area contributed by atoms with Crippen molar-refractivity contribution in [2.45, 2.75) is 20.3 Å². The second-order valence-corrected chi connectivity index (χ2v) is 5.43. The van der Waals surface area contributed by atoms with Gasteiger partial charge in [0.25, 0.3) is 5.91 Å². The number of carboxylic acid groups (broad SMARTS) is 1. The highest BCUT2D eigenvalue weighted by atomic mass is 32.1. The maximum absolute atomic E-state index is 11.8. The fraction of sp³-hybridized carbons (Fsp3) is 0.500. The number of methoxy groups -OCH3 is 1. The second-order valence-electron chi connectivity index (χ2n) is 4.51. The molecule has 0 aliphatic heterocycles. The minimum Gasteiger partial charge on any atom is -0.495 e. The number of carbonyl (C=O) groups is 2. The highest BCUT2D eigenvalue weighted by molar-refractivity contribution is 7.12. The van der Waals surface area contributed by atoms with Crippen molar-refractivity contribution in [3.8, 4) is 5.75 Å². The summed E-state index contributed by atoms with van der Waals surface area (Å²) in [6.45, 7) is 3.58. The Balaban J connectivity index is 2.50. The fourth-order valence-corrected chi connectivity index (χ4v) is 2.07. The average molecular weight is 271 g/mol. The SMILES string of the molecule is COc1ccsc1C(=O)NCCC(C)(C)C(=O)O. The van der Waals surface area contributed by atoms with Crippen molar-refractivity contribution in [3.05, 3.63) is 16.3 Å². The van der Waals surface area contributed by atoms with Crippen molar-refractivity contribution < 1.29 is 19.4 Å². The van der Waals surface area contributed by atoms with Crippen molar-refractivity contribution >= 4 is 23.2 Å². The molecule has 0 fully saturated rings. The van der Waals surface area contributed by atoms with Crippen LogP contribution in [0.2, 0.25) is 0 Å². The Labute approximate surface area is 110 Å². The molecule has 0 spiro atoms. The Morgan fingerprint density at radius 2 is 2.17 bits per heavy atom. The molecule has 100 valence electrons. The standard InChI is InChI=1S/C12H17NO4S/c1-12(2,11(15)16)5-6-13-10(14)9-8(17-3)4-7-18-9/h4,7H,5-6H2,1-3H3,(H,13,14)(H,15,16). The summed E-state index contributed by atoms with van der Waals surface area (Å²) in [5.74, 6) is -0.566.